The minimum Gasteiger partial charge on any atom is -0.462 e. The molecule has 0 aliphatic heterocycles. The molecule has 0 aliphatic rings. The highest BCUT2D eigenvalue weighted by atomic mass is 16.5. The van der Waals surface area contributed by atoms with Crippen molar-refractivity contribution >= 4 is 11.9 Å². The summed E-state index contributed by atoms with van der Waals surface area (Å²) < 4.78 is 9.90. The van der Waals surface area contributed by atoms with Gasteiger partial charge in [0.2, 0.25) is 0 Å². The molecule has 0 fully saturated rings. The number of ether oxygens (including phenoxy) is 2. The molecule has 1 rings (SSSR count). The topological polar surface area (TPSA) is 64.6 Å². The molecule has 0 bridgehead atoms. The van der Waals surface area contributed by atoms with Gasteiger partial charge in [0.05, 0.1) is 19.2 Å². The van der Waals surface area contributed by atoms with E-state index in [0.717, 1.165) is 5.56 Å². The lowest BCUT2D eigenvalue weighted by molar-refractivity contribution is -0.146. The Labute approximate surface area is 124 Å². The smallest absolute Gasteiger partial charge is 0.384 e. The molecule has 1 aromatic carbocycles. The van der Waals surface area contributed by atoms with E-state index in [0.29, 0.717) is 0 Å². The zero-order chi connectivity index (χ0) is 15.5. The Balaban J connectivity index is 2.16. The Morgan fingerprint density at radius 3 is 2.62 bits per heavy atom. The minimum atomic E-state index is -0.592. The van der Waals surface area contributed by atoms with Gasteiger partial charge in [0.1, 0.15) is 6.61 Å². The van der Waals surface area contributed by atoms with Gasteiger partial charge in [-0.05, 0) is 19.4 Å². The first-order chi connectivity index (χ1) is 10.1. The van der Waals surface area contributed by atoms with Gasteiger partial charge in [0.15, 0.2) is 0 Å². The number of benzene rings is 1. The highest BCUT2D eigenvalue weighted by Gasteiger charge is 2.03. The molecular formula is C16H19NO4. The van der Waals surface area contributed by atoms with Crippen molar-refractivity contribution in [2.24, 2.45) is 0 Å². The molecular weight excluding hydrogens is 270 g/mol. The van der Waals surface area contributed by atoms with Crippen LogP contribution in [-0.4, -0.2) is 31.1 Å². The summed E-state index contributed by atoms with van der Waals surface area (Å²) in [6.45, 7) is 4.03. The van der Waals surface area contributed by atoms with Crippen molar-refractivity contribution in [2.75, 3.05) is 13.1 Å². The number of carbonyl (C=O) groups is 2. The normalized spacial score (nSPS) is 9.67. The van der Waals surface area contributed by atoms with E-state index in [9.17, 15) is 9.59 Å². The number of esters is 2. The Morgan fingerprint density at radius 2 is 1.95 bits per heavy atom. The van der Waals surface area contributed by atoms with Crippen LogP contribution in [0.4, 0.5) is 0 Å². The molecule has 1 aromatic rings. The van der Waals surface area contributed by atoms with Gasteiger partial charge in [0, 0.05) is 5.92 Å². The second kappa shape index (κ2) is 9.56. The molecule has 5 nitrogen and oxygen atoms in total. The molecule has 5 heteroatoms. The molecule has 21 heavy (non-hydrogen) atoms. The van der Waals surface area contributed by atoms with E-state index in [1.54, 1.807) is 13.8 Å². The molecule has 0 aliphatic carbocycles. The van der Waals surface area contributed by atoms with E-state index in [1.165, 1.54) is 0 Å². The van der Waals surface area contributed by atoms with Crippen LogP contribution in [0.25, 0.3) is 0 Å². The highest BCUT2D eigenvalue weighted by Crippen LogP contribution is 2.00. The monoisotopic (exact) mass is 289 g/mol. The van der Waals surface area contributed by atoms with E-state index in [4.69, 9.17) is 9.47 Å². The highest BCUT2D eigenvalue weighted by molar-refractivity contribution is 5.88. The van der Waals surface area contributed by atoms with Crippen LogP contribution >= 0.6 is 0 Å². The number of hydrogen-bond acceptors (Lipinski definition) is 5. The standard InChI is InChI=1S/C16H19NO4/c1-13(2)21-16(19)11-17-10-6-9-15(18)20-12-14-7-4-3-5-8-14/h3-5,7-8,13,17H,10-12H2,1-2H3. The van der Waals surface area contributed by atoms with Crippen molar-refractivity contribution < 1.29 is 19.1 Å². The predicted octanol–water partition coefficient (Wildman–Crippen LogP) is 1.27. The Morgan fingerprint density at radius 1 is 1.24 bits per heavy atom. The third-order valence-electron chi connectivity index (χ3n) is 2.25. The van der Waals surface area contributed by atoms with Crippen molar-refractivity contribution in [2.45, 2.75) is 26.6 Å². The molecule has 112 valence electrons. The molecule has 0 aromatic heterocycles. The SMILES string of the molecule is CC(C)OC(=O)CNCC#CC(=O)OCc1ccccc1. The maximum Gasteiger partial charge on any atom is 0.384 e. The van der Waals surface area contributed by atoms with E-state index in [1.807, 2.05) is 30.3 Å². The average Bonchev–Trinajstić information content (AvgIpc) is 2.45. The van der Waals surface area contributed by atoms with Crippen molar-refractivity contribution in [3.05, 3.63) is 35.9 Å². The summed E-state index contributed by atoms with van der Waals surface area (Å²) in [6.07, 6.45) is -0.140. The largest absolute Gasteiger partial charge is 0.462 e. The summed E-state index contributed by atoms with van der Waals surface area (Å²) in [4.78, 5) is 22.5. The van der Waals surface area contributed by atoms with Crippen LogP contribution in [0.3, 0.4) is 0 Å². The molecule has 0 radical (unpaired) electrons. The minimum absolute atomic E-state index is 0.0614. The van der Waals surface area contributed by atoms with E-state index in [2.05, 4.69) is 17.2 Å². The lowest BCUT2D eigenvalue weighted by atomic mass is 10.2. The van der Waals surface area contributed by atoms with Crippen LogP contribution in [0.5, 0.6) is 0 Å². The number of rotatable bonds is 6. The van der Waals surface area contributed by atoms with Crippen molar-refractivity contribution in [3.63, 3.8) is 0 Å². The van der Waals surface area contributed by atoms with Crippen LogP contribution in [0.15, 0.2) is 30.3 Å². The van der Waals surface area contributed by atoms with E-state index < -0.39 is 5.97 Å². The number of carbonyl (C=O) groups excluding carboxylic acids is 2. The van der Waals surface area contributed by atoms with Gasteiger partial charge in [-0.15, -0.1) is 0 Å². The van der Waals surface area contributed by atoms with Crippen molar-refractivity contribution in [1.82, 2.24) is 5.32 Å². The van der Waals surface area contributed by atoms with Crippen molar-refractivity contribution in [3.8, 4) is 11.8 Å². The third kappa shape index (κ3) is 8.45. The van der Waals surface area contributed by atoms with Gasteiger partial charge >= 0.3 is 11.9 Å². The van der Waals surface area contributed by atoms with Gasteiger partial charge in [0.25, 0.3) is 0 Å². The fourth-order valence-electron chi connectivity index (χ4n) is 1.41. The summed E-state index contributed by atoms with van der Waals surface area (Å²) in [5, 5.41) is 2.76. The summed E-state index contributed by atoms with van der Waals surface area (Å²) in [5.74, 6) is 3.99. The summed E-state index contributed by atoms with van der Waals surface area (Å²) in [7, 11) is 0. The third-order valence-corrected chi connectivity index (χ3v) is 2.25. The second-order valence-electron chi connectivity index (χ2n) is 4.51. The Hall–Kier alpha value is -2.32. The molecule has 1 N–H and O–H groups in total. The fourth-order valence-corrected chi connectivity index (χ4v) is 1.41. The van der Waals surface area contributed by atoms with Gasteiger partial charge in [-0.25, -0.2) is 4.79 Å². The first kappa shape index (κ1) is 16.7. The fraction of sp³-hybridized carbons (Fsp3) is 0.375. The predicted molar refractivity (Wildman–Crippen MR) is 78.1 cm³/mol. The zero-order valence-electron chi connectivity index (χ0n) is 12.2. The summed E-state index contributed by atoms with van der Waals surface area (Å²) >= 11 is 0. The maximum absolute atomic E-state index is 11.3. The zero-order valence-corrected chi connectivity index (χ0v) is 12.2. The van der Waals surface area contributed by atoms with Crippen LogP contribution in [0.2, 0.25) is 0 Å². The van der Waals surface area contributed by atoms with E-state index in [-0.39, 0.29) is 31.8 Å². The van der Waals surface area contributed by atoms with Gasteiger partial charge in [-0.2, -0.15) is 0 Å². The summed E-state index contributed by atoms with van der Waals surface area (Å²) in [5.41, 5.74) is 0.905. The Kier molecular flexibility index (Phi) is 7.62. The van der Waals surface area contributed by atoms with E-state index >= 15 is 0 Å². The van der Waals surface area contributed by atoms with Gasteiger partial charge in [-0.3, -0.25) is 10.1 Å². The lowest BCUT2D eigenvalue weighted by Crippen LogP contribution is -2.26. The molecule has 0 saturated heterocycles. The molecule has 0 amide bonds. The first-order valence-electron chi connectivity index (χ1n) is 6.67. The lowest BCUT2D eigenvalue weighted by Gasteiger charge is -2.06. The van der Waals surface area contributed by atoms with Crippen LogP contribution < -0.4 is 5.32 Å². The second-order valence-corrected chi connectivity index (χ2v) is 4.51. The van der Waals surface area contributed by atoms with Crippen LogP contribution in [-0.2, 0) is 25.7 Å². The number of nitrogens with one attached hydrogen (secondary N) is 1. The molecule has 0 atom stereocenters. The molecule has 0 saturated carbocycles. The quantitative estimate of drug-likeness (QED) is 0.370. The Bertz CT molecular complexity index is 514. The molecule has 0 spiro atoms. The number of hydrogen-bond donors (Lipinski definition) is 1. The average molecular weight is 289 g/mol. The molecule has 0 heterocycles. The summed E-state index contributed by atoms with van der Waals surface area (Å²) in [6, 6.07) is 9.36. The van der Waals surface area contributed by atoms with Gasteiger partial charge < -0.3 is 9.47 Å². The maximum atomic E-state index is 11.3. The van der Waals surface area contributed by atoms with Crippen LogP contribution in [0, 0.1) is 11.8 Å². The van der Waals surface area contributed by atoms with Gasteiger partial charge in [-0.1, -0.05) is 36.3 Å². The van der Waals surface area contributed by atoms with Crippen molar-refractivity contribution in [1.29, 1.82) is 0 Å². The first-order valence-corrected chi connectivity index (χ1v) is 6.67. The molecule has 0 unspecified atom stereocenters. The van der Waals surface area contributed by atoms with Crippen LogP contribution in [0.1, 0.15) is 19.4 Å².